The van der Waals surface area contributed by atoms with Crippen molar-refractivity contribution in [2.75, 3.05) is 6.54 Å². The average molecular weight is 526 g/mol. The molecule has 0 aromatic heterocycles. The molecule has 0 radical (unpaired) electrons. The van der Waals surface area contributed by atoms with E-state index in [1.165, 1.54) is 19.3 Å². The molecule has 212 valence electrons. The number of piperidine rings is 1. The Labute approximate surface area is 230 Å². The van der Waals surface area contributed by atoms with E-state index < -0.39 is 5.72 Å². The molecule has 2 saturated heterocycles. The highest BCUT2D eigenvalue weighted by Gasteiger charge is 2.69. The Morgan fingerprint density at radius 2 is 1.89 bits per heavy atom. The Kier molecular flexibility index (Phi) is 6.60. The molecule has 0 bridgehead atoms. The van der Waals surface area contributed by atoms with Crippen molar-refractivity contribution < 1.29 is 19.1 Å². The molecule has 2 aliphatic heterocycles. The first-order valence-electron chi connectivity index (χ1n) is 15.9. The number of rotatable bonds is 3. The zero-order valence-corrected chi connectivity index (χ0v) is 24.8. The van der Waals surface area contributed by atoms with Gasteiger partial charge in [-0.3, -0.25) is 9.59 Å². The predicted octanol–water partition coefficient (Wildman–Crippen LogP) is 6.90. The van der Waals surface area contributed by atoms with Gasteiger partial charge in [0.1, 0.15) is 11.8 Å². The molecular weight excluding hydrogens is 474 g/mol. The van der Waals surface area contributed by atoms with Gasteiger partial charge in [0.15, 0.2) is 0 Å². The molecule has 4 aliphatic carbocycles. The van der Waals surface area contributed by atoms with Crippen LogP contribution in [-0.4, -0.2) is 41.3 Å². The van der Waals surface area contributed by atoms with Crippen LogP contribution in [0.4, 0.5) is 0 Å². The summed E-state index contributed by atoms with van der Waals surface area (Å²) in [5.41, 5.74) is 1.71. The first-order chi connectivity index (χ1) is 18.0. The van der Waals surface area contributed by atoms with Crippen molar-refractivity contribution in [3.63, 3.8) is 0 Å². The van der Waals surface area contributed by atoms with Gasteiger partial charge < -0.3 is 14.4 Å². The molecule has 5 fully saturated rings. The molecule has 1 spiro atoms. The average Bonchev–Trinajstić information content (AvgIpc) is 3.31. The highest BCUT2D eigenvalue weighted by Crippen LogP contribution is 2.70. The summed E-state index contributed by atoms with van der Waals surface area (Å²) >= 11 is 0. The minimum Gasteiger partial charge on any atom is -0.462 e. The Bertz CT molecular complexity index is 1010. The third-order valence-corrected chi connectivity index (χ3v) is 12.8. The van der Waals surface area contributed by atoms with Crippen molar-refractivity contribution in [1.29, 1.82) is 0 Å². The van der Waals surface area contributed by atoms with E-state index in [-0.39, 0.29) is 34.9 Å². The fourth-order valence-electron chi connectivity index (χ4n) is 11.0. The predicted molar refractivity (Wildman–Crippen MR) is 148 cm³/mol. The van der Waals surface area contributed by atoms with Crippen LogP contribution in [0, 0.1) is 46.3 Å². The van der Waals surface area contributed by atoms with Crippen molar-refractivity contribution in [2.24, 2.45) is 46.3 Å². The lowest BCUT2D eigenvalue weighted by Crippen LogP contribution is -2.60. The Morgan fingerprint density at radius 1 is 1.11 bits per heavy atom. The van der Waals surface area contributed by atoms with E-state index in [4.69, 9.17) is 9.47 Å². The zero-order valence-electron chi connectivity index (χ0n) is 24.8. The number of carbonyl (C=O) groups is 2. The van der Waals surface area contributed by atoms with Crippen molar-refractivity contribution >= 4 is 11.9 Å². The molecule has 6 rings (SSSR count). The molecule has 0 aromatic rings. The maximum atomic E-state index is 12.8. The molecule has 1 amide bonds. The summed E-state index contributed by atoms with van der Waals surface area (Å²) in [6.45, 7) is 14.4. The summed E-state index contributed by atoms with van der Waals surface area (Å²) in [4.78, 5) is 27.1. The highest BCUT2D eigenvalue weighted by molar-refractivity contribution is 5.74. The molecule has 3 saturated carbocycles. The second-order valence-electron chi connectivity index (χ2n) is 14.7. The number of nitrogens with zero attached hydrogens (tertiary/aromatic N) is 1. The summed E-state index contributed by atoms with van der Waals surface area (Å²) in [6, 6.07) is 0. The van der Waals surface area contributed by atoms with Crippen LogP contribution in [0.3, 0.4) is 0 Å². The largest absolute Gasteiger partial charge is 0.462 e. The van der Waals surface area contributed by atoms with Gasteiger partial charge in [0, 0.05) is 32.2 Å². The number of hydrogen-bond acceptors (Lipinski definition) is 4. The second kappa shape index (κ2) is 9.35. The van der Waals surface area contributed by atoms with Gasteiger partial charge in [0.05, 0.1) is 6.10 Å². The number of ether oxygens (including phenoxy) is 2. The molecule has 0 aromatic carbocycles. The molecule has 11 atom stereocenters. The quantitative estimate of drug-likeness (QED) is 0.297. The van der Waals surface area contributed by atoms with Crippen LogP contribution in [-0.2, 0) is 19.1 Å². The minimum atomic E-state index is -0.391. The summed E-state index contributed by atoms with van der Waals surface area (Å²) in [5, 5.41) is 0. The van der Waals surface area contributed by atoms with Crippen LogP contribution in [0.15, 0.2) is 11.6 Å². The lowest BCUT2D eigenvalue weighted by molar-refractivity contribution is -0.200. The monoisotopic (exact) mass is 525 g/mol. The third kappa shape index (κ3) is 3.79. The van der Waals surface area contributed by atoms with Crippen molar-refractivity contribution in [2.45, 2.75) is 130 Å². The number of carbonyl (C=O) groups excluding carboxylic acids is 2. The van der Waals surface area contributed by atoms with Gasteiger partial charge in [-0.1, -0.05) is 46.3 Å². The van der Waals surface area contributed by atoms with E-state index in [0.717, 1.165) is 57.4 Å². The van der Waals surface area contributed by atoms with Gasteiger partial charge in [0.2, 0.25) is 5.91 Å². The van der Waals surface area contributed by atoms with E-state index >= 15 is 0 Å². The Morgan fingerprint density at radius 3 is 2.63 bits per heavy atom. The van der Waals surface area contributed by atoms with Gasteiger partial charge in [-0.15, -0.1) is 0 Å². The number of allylic oxidation sites excluding steroid dienone is 1. The van der Waals surface area contributed by atoms with Crippen LogP contribution < -0.4 is 0 Å². The van der Waals surface area contributed by atoms with Crippen LogP contribution in [0.25, 0.3) is 0 Å². The maximum Gasteiger partial charge on any atom is 0.306 e. The van der Waals surface area contributed by atoms with Crippen LogP contribution in [0.1, 0.15) is 112 Å². The van der Waals surface area contributed by atoms with Crippen molar-refractivity contribution in [1.82, 2.24) is 4.90 Å². The van der Waals surface area contributed by atoms with Crippen molar-refractivity contribution in [3.8, 4) is 0 Å². The summed E-state index contributed by atoms with van der Waals surface area (Å²) in [5.74, 6) is 3.76. The van der Waals surface area contributed by atoms with Crippen molar-refractivity contribution in [3.05, 3.63) is 11.6 Å². The normalized spacial score (nSPS) is 49.5. The molecule has 2 heterocycles. The van der Waals surface area contributed by atoms with E-state index in [1.807, 2.05) is 6.92 Å². The SMILES string of the molecule is CCCC(=O)OC1CC[C@@]2(C)C(=CCC3C4CC5OC6(CCC(C)CN6C(C)=O)C(C)C5[C@@]4(C)CCC32)C1. The van der Waals surface area contributed by atoms with Crippen LogP contribution >= 0.6 is 0 Å². The number of fused-ring (bicyclic) bond motifs is 7. The van der Waals surface area contributed by atoms with E-state index in [0.29, 0.717) is 36.0 Å². The fourth-order valence-corrected chi connectivity index (χ4v) is 11.0. The fraction of sp³-hybridized carbons (Fsp3) is 0.879. The van der Waals surface area contributed by atoms with Gasteiger partial charge in [-0.25, -0.2) is 0 Å². The van der Waals surface area contributed by atoms with Gasteiger partial charge in [-0.2, -0.15) is 0 Å². The summed E-state index contributed by atoms with van der Waals surface area (Å²) in [7, 11) is 0. The smallest absolute Gasteiger partial charge is 0.306 e. The van der Waals surface area contributed by atoms with Gasteiger partial charge in [0.25, 0.3) is 0 Å². The maximum absolute atomic E-state index is 12.8. The lowest BCUT2D eigenvalue weighted by Gasteiger charge is -2.59. The number of amides is 1. The van der Waals surface area contributed by atoms with E-state index in [9.17, 15) is 9.59 Å². The van der Waals surface area contributed by atoms with E-state index in [1.54, 1.807) is 12.5 Å². The van der Waals surface area contributed by atoms with Gasteiger partial charge in [-0.05, 0) is 98.2 Å². The molecular formula is C33H51NO4. The number of likely N-dealkylation sites (tertiary alicyclic amines) is 1. The van der Waals surface area contributed by atoms with Gasteiger partial charge >= 0.3 is 5.97 Å². The standard InChI is InChI=1S/C33H51NO4/c1-7-8-29(36)37-24-12-14-31(5)23(17-24)9-10-25-26(31)13-15-32(6)27(25)18-28-30(32)21(3)33(38-28)16-11-20(2)19-34(33)22(4)35/h9,20-21,24-28,30H,7-8,10-19H2,1-6H3/t20?,21?,24?,25?,26?,27?,28?,30?,31-,32-,33?/m0/s1. The molecule has 9 unspecified atom stereocenters. The third-order valence-electron chi connectivity index (χ3n) is 12.8. The summed E-state index contributed by atoms with van der Waals surface area (Å²) < 4.78 is 13.0. The summed E-state index contributed by atoms with van der Waals surface area (Å²) in [6.07, 6.45) is 14.4. The molecule has 0 N–H and O–H groups in total. The Balaban J connectivity index is 1.22. The zero-order chi connectivity index (χ0) is 27.0. The molecule has 38 heavy (non-hydrogen) atoms. The molecule has 6 aliphatic rings. The molecule has 5 heteroatoms. The lowest BCUT2D eigenvalue weighted by atomic mass is 9.46. The van der Waals surface area contributed by atoms with Crippen LogP contribution in [0.5, 0.6) is 0 Å². The Hall–Kier alpha value is -1.36. The van der Waals surface area contributed by atoms with E-state index in [2.05, 4.69) is 38.7 Å². The minimum absolute atomic E-state index is 0.0241. The number of hydrogen-bond donors (Lipinski definition) is 0. The first kappa shape index (κ1) is 26.8. The number of esters is 1. The topological polar surface area (TPSA) is 55.8 Å². The first-order valence-corrected chi connectivity index (χ1v) is 15.9. The molecule has 5 nitrogen and oxygen atoms in total. The highest BCUT2D eigenvalue weighted by atomic mass is 16.5. The second-order valence-corrected chi connectivity index (χ2v) is 14.7. The van der Waals surface area contributed by atoms with Crippen LogP contribution in [0.2, 0.25) is 0 Å².